The van der Waals surface area contributed by atoms with Crippen LogP contribution in [-0.4, -0.2) is 61.4 Å². The molecule has 1 aliphatic heterocycles. The number of esters is 1. The van der Waals surface area contributed by atoms with Crippen LogP contribution in [0.4, 0.5) is 0 Å². The van der Waals surface area contributed by atoms with Crippen LogP contribution in [0, 0.1) is 11.8 Å². The number of aliphatic hydroxyl groups is 1. The first-order valence-corrected chi connectivity index (χ1v) is 13.1. The SMILES string of the molecule is O=C(C[C@H]1CC=CCC[C@H](Cc2ccccc2)C(=O)OCC2(CCCC2)NC1=O)NCCOCCO. The highest BCUT2D eigenvalue weighted by atomic mass is 16.5. The highest BCUT2D eigenvalue weighted by Crippen LogP contribution is 2.31. The lowest BCUT2D eigenvalue weighted by molar-refractivity contribution is -0.152. The molecule has 36 heavy (non-hydrogen) atoms. The van der Waals surface area contributed by atoms with E-state index < -0.39 is 11.5 Å². The third kappa shape index (κ3) is 9.06. The minimum absolute atomic E-state index is 0.0629. The van der Waals surface area contributed by atoms with Crippen LogP contribution in [0.1, 0.15) is 56.9 Å². The van der Waals surface area contributed by atoms with E-state index in [0.717, 1.165) is 31.2 Å². The summed E-state index contributed by atoms with van der Waals surface area (Å²) in [6, 6.07) is 9.96. The normalized spacial score (nSPS) is 22.7. The van der Waals surface area contributed by atoms with Gasteiger partial charge < -0.3 is 25.2 Å². The maximum Gasteiger partial charge on any atom is 0.309 e. The van der Waals surface area contributed by atoms with Gasteiger partial charge in [0, 0.05) is 13.0 Å². The minimum Gasteiger partial charge on any atom is -0.463 e. The van der Waals surface area contributed by atoms with E-state index in [4.69, 9.17) is 14.6 Å². The molecule has 0 aromatic heterocycles. The number of hydrogen-bond acceptors (Lipinski definition) is 6. The van der Waals surface area contributed by atoms with Crippen LogP contribution in [-0.2, 0) is 30.3 Å². The number of cyclic esters (lactones) is 1. The Hall–Kier alpha value is -2.71. The summed E-state index contributed by atoms with van der Waals surface area (Å²) in [6.45, 7) is 0.960. The summed E-state index contributed by atoms with van der Waals surface area (Å²) < 4.78 is 11.0. The number of nitrogens with one attached hydrogen (secondary N) is 2. The Morgan fingerprint density at radius 2 is 1.89 bits per heavy atom. The van der Waals surface area contributed by atoms with Gasteiger partial charge in [0.05, 0.1) is 37.2 Å². The third-order valence-electron chi connectivity index (χ3n) is 6.97. The Kier molecular flexibility index (Phi) is 11.4. The van der Waals surface area contributed by atoms with Gasteiger partial charge in [0.1, 0.15) is 6.61 Å². The zero-order valence-corrected chi connectivity index (χ0v) is 21.1. The molecule has 3 N–H and O–H groups in total. The molecule has 0 unspecified atom stereocenters. The van der Waals surface area contributed by atoms with Crippen molar-refractivity contribution in [2.45, 2.75) is 63.3 Å². The smallest absolute Gasteiger partial charge is 0.309 e. The van der Waals surface area contributed by atoms with Gasteiger partial charge in [-0.3, -0.25) is 14.4 Å². The quantitative estimate of drug-likeness (QED) is 0.273. The molecule has 0 radical (unpaired) electrons. The van der Waals surface area contributed by atoms with Gasteiger partial charge in [-0.1, -0.05) is 55.3 Å². The second-order valence-corrected chi connectivity index (χ2v) is 9.84. The third-order valence-corrected chi connectivity index (χ3v) is 6.97. The average Bonchev–Trinajstić information content (AvgIpc) is 3.34. The fourth-order valence-corrected chi connectivity index (χ4v) is 4.93. The zero-order chi connectivity index (χ0) is 25.6. The summed E-state index contributed by atoms with van der Waals surface area (Å²) in [7, 11) is 0. The van der Waals surface area contributed by atoms with E-state index in [9.17, 15) is 14.4 Å². The highest BCUT2D eigenvalue weighted by molar-refractivity contribution is 5.86. The van der Waals surface area contributed by atoms with Gasteiger partial charge in [-0.25, -0.2) is 0 Å². The first-order valence-electron chi connectivity index (χ1n) is 13.1. The van der Waals surface area contributed by atoms with Gasteiger partial charge in [-0.2, -0.15) is 0 Å². The number of amides is 2. The largest absolute Gasteiger partial charge is 0.463 e. The van der Waals surface area contributed by atoms with E-state index in [2.05, 4.69) is 10.6 Å². The number of ether oxygens (including phenoxy) is 2. The molecule has 3 rings (SSSR count). The molecule has 1 aromatic rings. The van der Waals surface area contributed by atoms with Crippen molar-refractivity contribution in [3.63, 3.8) is 0 Å². The fourth-order valence-electron chi connectivity index (χ4n) is 4.93. The second kappa shape index (κ2) is 14.8. The van der Waals surface area contributed by atoms with Gasteiger partial charge in [-0.05, 0) is 44.1 Å². The Morgan fingerprint density at radius 1 is 1.11 bits per heavy atom. The first kappa shape index (κ1) is 27.9. The number of rotatable bonds is 9. The van der Waals surface area contributed by atoms with Crippen LogP contribution in [0.3, 0.4) is 0 Å². The number of benzene rings is 1. The Labute approximate surface area is 213 Å². The molecule has 2 aliphatic rings. The van der Waals surface area contributed by atoms with E-state index in [0.29, 0.717) is 38.8 Å². The lowest BCUT2D eigenvalue weighted by Gasteiger charge is -2.32. The zero-order valence-electron chi connectivity index (χ0n) is 21.1. The molecule has 8 nitrogen and oxygen atoms in total. The molecule has 1 aliphatic carbocycles. The van der Waals surface area contributed by atoms with Gasteiger partial charge in [0.25, 0.3) is 0 Å². The first-order chi connectivity index (χ1) is 17.5. The summed E-state index contributed by atoms with van der Waals surface area (Å²) in [6.07, 6.45) is 9.89. The van der Waals surface area contributed by atoms with E-state index in [1.165, 1.54) is 0 Å². The molecular formula is C28H40N2O6. The lowest BCUT2D eigenvalue weighted by Crippen LogP contribution is -2.52. The van der Waals surface area contributed by atoms with Crippen molar-refractivity contribution in [3.8, 4) is 0 Å². The summed E-state index contributed by atoms with van der Waals surface area (Å²) in [5, 5.41) is 14.7. The molecule has 8 heteroatoms. The van der Waals surface area contributed by atoms with Crippen molar-refractivity contribution in [3.05, 3.63) is 48.0 Å². The fraction of sp³-hybridized carbons (Fsp3) is 0.607. The standard InChI is InChI=1S/C28H40N2O6/c31-16-18-35-17-15-29-25(32)20-23-11-5-2-6-12-24(19-22-9-3-1-4-10-22)27(34)36-21-28(30-26(23)33)13-7-8-14-28/h1-5,9-10,23-24,31H,6-8,11-21H2,(H,29,32)(H,30,33)/t23-,24-/m1/s1. The predicted octanol–water partition coefficient (Wildman–Crippen LogP) is 2.69. The van der Waals surface area contributed by atoms with E-state index >= 15 is 0 Å². The van der Waals surface area contributed by atoms with Crippen molar-refractivity contribution in [2.24, 2.45) is 11.8 Å². The van der Waals surface area contributed by atoms with E-state index in [1.54, 1.807) is 0 Å². The summed E-state index contributed by atoms with van der Waals surface area (Å²) >= 11 is 0. The minimum atomic E-state index is -0.575. The molecular weight excluding hydrogens is 460 g/mol. The van der Waals surface area contributed by atoms with Gasteiger partial charge in [0.2, 0.25) is 11.8 Å². The van der Waals surface area contributed by atoms with E-state index in [-0.39, 0.29) is 49.9 Å². The van der Waals surface area contributed by atoms with E-state index in [1.807, 2.05) is 42.5 Å². The monoisotopic (exact) mass is 500 g/mol. The molecule has 198 valence electrons. The topological polar surface area (TPSA) is 114 Å². The highest BCUT2D eigenvalue weighted by Gasteiger charge is 2.39. The van der Waals surface area contributed by atoms with Crippen molar-refractivity contribution < 1.29 is 29.0 Å². The van der Waals surface area contributed by atoms with Crippen LogP contribution in [0.5, 0.6) is 0 Å². The van der Waals surface area contributed by atoms with Gasteiger partial charge in [0.15, 0.2) is 0 Å². The number of aliphatic hydroxyl groups excluding tert-OH is 1. The van der Waals surface area contributed by atoms with Crippen LogP contribution in [0.2, 0.25) is 0 Å². The maximum absolute atomic E-state index is 13.3. The molecule has 1 heterocycles. The average molecular weight is 501 g/mol. The number of carbonyl (C=O) groups is 3. The summed E-state index contributed by atoms with van der Waals surface area (Å²) in [4.78, 5) is 38.9. The van der Waals surface area contributed by atoms with Crippen molar-refractivity contribution >= 4 is 17.8 Å². The number of allylic oxidation sites excluding steroid dienone is 2. The van der Waals surface area contributed by atoms with Crippen LogP contribution >= 0.6 is 0 Å². The molecule has 2 atom stereocenters. The van der Waals surface area contributed by atoms with Crippen LogP contribution < -0.4 is 10.6 Å². The number of hydrogen-bond donors (Lipinski definition) is 3. The molecule has 1 spiro atoms. The van der Waals surface area contributed by atoms with Crippen molar-refractivity contribution in [2.75, 3.05) is 33.0 Å². The molecule has 0 bridgehead atoms. The Balaban J connectivity index is 1.67. The number of carbonyl (C=O) groups excluding carboxylic acids is 3. The predicted molar refractivity (Wildman–Crippen MR) is 136 cm³/mol. The van der Waals surface area contributed by atoms with Gasteiger partial charge >= 0.3 is 5.97 Å². The molecule has 0 saturated heterocycles. The summed E-state index contributed by atoms with van der Waals surface area (Å²) in [5.74, 6) is -1.36. The molecule has 2 amide bonds. The van der Waals surface area contributed by atoms with Gasteiger partial charge in [-0.15, -0.1) is 0 Å². The maximum atomic E-state index is 13.3. The second-order valence-electron chi connectivity index (χ2n) is 9.84. The van der Waals surface area contributed by atoms with Crippen LogP contribution in [0.15, 0.2) is 42.5 Å². The Bertz CT molecular complexity index is 866. The van der Waals surface area contributed by atoms with Crippen molar-refractivity contribution in [1.82, 2.24) is 10.6 Å². The Morgan fingerprint density at radius 3 is 2.64 bits per heavy atom. The van der Waals surface area contributed by atoms with Crippen molar-refractivity contribution in [1.29, 1.82) is 0 Å². The lowest BCUT2D eigenvalue weighted by atomic mass is 9.94. The summed E-state index contributed by atoms with van der Waals surface area (Å²) in [5.41, 5.74) is 0.527. The molecule has 1 saturated carbocycles. The van der Waals surface area contributed by atoms with Crippen LogP contribution in [0.25, 0.3) is 0 Å². The molecule has 1 fully saturated rings. The molecule has 1 aromatic carbocycles.